The average molecular weight is 405 g/mol. The van der Waals surface area contributed by atoms with Crippen LogP contribution in [0.15, 0.2) is 54.2 Å². The van der Waals surface area contributed by atoms with E-state index in [2.05, 4.69) is 20.7 Å². The maximum Gasteiger partial charge on any atom is 0.161 e. The topological polar surface area (TPSA) is 73.3 Å². The Labute approximate surface area is 172 Å². The van der Waals surface area contributed by atoms with Gasteiger partial charge in [0.05, 0.1) is 19.6 Å². The lowest BCUT2D eigenvalue weighted by Crippen LogP contribution is -1.98. The number of hydrogen-bond acceptors (Lipinski definition) is 7. The number of aromatic nitrogens is 2. The first-order chi connectivity index (χ1) is 14.1. The molecule has 7 heteroatoms. The Hall–Kier alpha value is -3.45. The van der Waals surface area contributed by atoms with Crippen LogP contribution in [0.1, 0.15) is 17.3 Å². The number of methoxy groups -OCH3 is 2. The highest BCUT2D eigenvalue weighted by molar-refractivity contribution is 7.17. The van der Waals surface area contributed by atoms with Crippen molar-refractivity contribution >= 4 is 38.8 Å². The van der Waals surface area contributed by atoms with Gasteiger partial charge in [-0.05, 0) is 36.8 Å². The van der Waals surface area contributed by atoms with Crippen molar-refractivity contribution in [3.63, 3.8) is 0 Å². The summed E-state index contributed by atoms with van der Waals surface area (Å²) in [5.41, 5.74) is 3.41. The number of Topliss-reactive ketones (excluding diaryl/α,β-unsaturated/α-hetero) is 1. The smallest absolute Gasteiger partial charge is 0.161 e. The molecule has 6 nitrogen and oxygen atoms in total. The number of thiophene rings is 1. The highest BCUT2D eigenvalue weighted by atomic mass is 32.1. The lowest BCUT2D eigenvalue weighted by Gasteiger charge is -2.11. The van der Waals surface area contributed by atoms with Crippen LogP contribution in [0, 0.1) is 0 Å². The molecule has 0 aliphatic heterocycles. The second kappa shape index (κ2) is 7.89. The first-order valence-corrected chi connectivity index (χ1v) is 9.81. The van der Waals surface area contributed by atoms with Gasteiger partial charge in [0.1, 0.15) is 17.0 Å². The van der Waals surface area contributed by atoms with E-state index in [9.17, 15) is 4.79 Å². The molecule has 29 heavy (non-hydrogen) atoms. The Morgan fingerprint density at radius 1 is 1.03 bits per heavy atom. The fourth-order valence-electron chi connectivity index (χ4n) is 3.14. The van der Waals surface area contributed by atoms with E-state index in [0.717, 1.165) is 27.0 Å². The molecule has 0 saturated carbocycles. The van der Waals surface area contributed by atoms with Crippen molar-refractivity contribution in [1.29, 1.82) is 0 Å². The molecule has 0 amide bonds. The maximum atomic E-state index is 11.7. The molecule has 0 saturated heterocycles. The zero-order valence-electron chi connectivity index (χ0n) is 16.2. The number of hydrogen-bond donors (Lipinski definition) is 1. The van der Waals surface area contributed by atoms with Crippen molar-refractivity contribution < 1.29 is 14.3 Å². The second-order valence-corrected chi connectivity index (χ2v) is 7.24. The summed E-state index contributed by atoms with van der Waals surface area (Å²) in [6.07, 6.45) is 1.54. The van der Waals surface area contributed by atoms with Gasteiger partial charge in [-0.15, -0.1) is 11.3 Å². The van der Waals surface area contributed by atoms with E-state index in [1.807, 2.05) is 36.4 Å². The number of anilines is 2. The van der Waals surface area contributed by atoms with Crippen molar-refractivity contribution in [3.05, 3.63) is 59.7 Å². The summed E-state index contributed by atoms with van der Waals surface area (Å²) in [6, 6.07) is 13.2. The fourth-order valence-corrected chi connectivity index (χ4v) is 4.05. The van der Waals surface area contributed by atoms with Crippen molar-refractivity contribution in [1.82, 2.24) is 9.97 Å². The van der Waals surface area contributed by atoms with Crippen molar-refractivity contribution in [3.8, 4) is 22.6 Å². The number of ketones is 1. The minimum Gasteiger partial charge on any atom is -0.493 e. The quantitative estimate of drug-likeness (QED) is 0.438. The maximum absolute atomic E-state index is 11.7. The van der Waals surface area contributed by atoms with Crippen LogP contribution in [0.5, 0.6) is 11.5 Å². The van der Waals surface area contributed by atoms with Gasteiger partial charge in [0.2, 0.25) is 0 Å². The van der Waals surface area contributed by atoms with E-state index in [1.54, 1.807) is 38.5 Å². The Morgan fingerprint density at radius 2 is 1.86 bits per heavy atom. The van der Waals surface area contributed by atoms with Gasteiger partial charge < -0.3 is 14.8 Å². The third-order valence-electron chi connectivity index (χ3n) is 4.60. The summed E-state index contributed by atoms with van der Waals surface area (Å²) in [4.78, 5) is 21.4. The lowest BCUT2D eigenvalue weighted by atomic mass is 10.1. The standard InChI is InChI=1S/C22H19N3O3S/c1-13(26)14-5-4-6-16(9-14)25-21-20-17(11-29-22(20)24-12-23-21)15-7-8-18(27-2)19(10-15)28-3/h4-12H,1-3H3,(H,23,24,25). The molecular weight excluding hydrogens is 386 g/mol. The predicted octanol–water partition coefficient (Wildman–Crippen LogP) is 5.32. The van der Waals surface area contributed by atoms with Crippen LogP contribution >= 0.6 is 11.3 Å². The largest absolute Gasteiger partial charge is 0.493 e. The number of ether oxygens (including phenoxy) is 2. The molecule has 2 aromatic heterocycles. The van der Waals surface area contributed by atoms with Crippen LogP contribution in [0.2, 0.25) is 0 Å². The van der Waals surface area contributed by atoms with Crippen LogP contribution in [0.3, 0.4) is 0 Å². The molecule has 0 bridgehead atoms. The average Bonchev–Trinajstić information content (AvgIpc) is 3.18. The number of carbonyl (C=O) groups excluding carboxylic acids is 1. The summed E-state index contributed by atoms with van der Waals surface area (Å²) in [5, 5.41) is 6.31. The molecule has 146 valence electrons. The first kappa shape index (κ1) is 18.9. The van der Waals surface area contributed by atoms with Crippen molar-refractivity contribution in [2.24, 2.45) is 0 Å². The molecule has 0 aliphatic carbocycles. The Balaban J connectivity index is 1.81. The van der Waals surface area contributed by atoms with Crippen LogP contribution in [0.25, 0.3) is 21.3 Å². The van der Waals surface area contributed by atoms with Gasteiger partial charge in [-0.1, -0.05) is 18.2 Å². The van der Waals surface area contributed by atoms with Crippen molar-refractivity contribution in [2.45, 2.75) is 6.92 Å². The normalized spacial score (nSPS) is 10.7. The van der Waals surface area contributed by atoms with E-state index in [-0.39, 0.29) is 5.78 Å². The van der Waals surface area contributed by atoms with E-state index < -0.39 is 0 Å². The highest BCUT2D eigenvalue weighted by Crippen LogP contribution is 2.40. The molecule has 0 fully saturated rings. The zero-order valence-corrected chi connectivity index (χ0v) is 17.0. The van der Waals surface area contributed by atoms with Gasteiger partial charge in [-0.3, -0.25) is 4.79 Å². The minimum atomic E-state index is 0.0167. The number of nitrogens with zero attached hydrogens (tertiary/aromatic N) is 2. The molecule has 2 aromatic carbocycles. The molecule has 4 rings (SSSR count). The van der Waals surface area contributed by atoms with Gasteiger partial charge in [-0.2, -0.15) is 0 Å². The number of fused-ring (bicyclic) bond motifs is 1. The molecule has 1 N–H and O–H groups in total. The van der Waals surface area contributed by atoms with Gasteiger partial charge >= 0.3 is 0 Å². The summed E-state index contributed by atoms with van der Waals surface area (Å²) < 4.78 is 10.8. The molecule has 0 radical (unpaired) electrons. The lowest BCUT2D eigenvalue weighted by molar-refractivity contribution is 0.101. The third-order valence-corrected chi connectivity index (χ3v) is 5.48. The van der Waals surface area contributed by atoms with E-state index >= 15 is 0 Å². The second-order valence-electron chi connectivity index (χ2n) is 6.38. The summed E-state index contributed by atoms with van der Waals surface area (Å²) >= 11 is 1.55. The molecule has 0 unspecified atom stereocenters. The highest BCUT2D eigenvalue weighted by Gasteiger charge is 2.15. The molecule has 4 aromatic rings. The number of rotatable bonds is 6. The summed E-state index contributed by atoms with van der Waals surface area (Å²) in [5.74, 6) is 2.03. The zero-order chi connectivity index (χ0) is 20.4. The fraction of sp³-hybridized carbons (Fsp3) is 0.136. The first-order valence-electron chi connectivity index (χ1n) is 8.93. The minimum absolute atomic E-state index is 0.0167. The summed E-state index contributed by atoms with van der Waals surface area (Å²) in [6.45, 7) is 1.55. The summed E-state index contributed by atoms with van der Waals surface area (Å²) in [7, 11) is 3.23. The van der Waals surface area contributed by atoms with Gasteiger partial charge in [0, 0.05) is 22.2 Å². The van der Waals surface area contributed by atoms with Crippen LogP contribution in [-0.2, 0) is 0 Å². The van der Waals surface area contributed by atoms with Gasteiger partial charge in [0.25, 0.3) is 0 Å². The van der Waals surface area contributed by atoms with Crippen LogP contribution in [-0.4, -0.2) is 30.0 Å². The monoisotopic (exact) mass is 405 g/mol. The van der Waals surface area contributed by atoms with Crippen LogP contribution in [0.4, 0.5) is 11.5 Å². The predicted molar refractivity (Wildman–Crippen MR) is 116 cm³/mol. The molecule has 0 spiro atoms. The molecule has 0 atom stereocenters. The van der Waals surface area contributed by atoms with E-state index in [0.29, 0.717) is 22.9 Å². The van der Waals surface area contributed by atoms with E-state index in [1.165, 1.54) is 6.33 Å². The molecule has 2 heterocycles. The van der Waals surface area contributed by atoms with Crippen molar-refractivity contribution in [2.75, 3.05) is 19.5 Å². The number of nitrogens with one attached hydrogen (secondary N) is 1. The third kappa shape index (κ3) is 3.64. The number of carbonyl (C=O) groups is 1. The van der Waals surface area contributed by atoms with Crippen LogP contribution < -0.4 is 14.8 Å². The number of benzene rings is 2. The van der Waals surface area contributed by atoms with E-state index in [4.69, 9.17) is 9.47 Å². The molecular formula is C22H19N3O3S. The SMILES string of the molecule is COc1ccc(-c2csc3ncnc(Nc4cccc(C(C)=O)c4)c23)cc1OC. The van der Waals surface area contributed by atoms with Gasteiger partial charge in [0.15, 0.2) is 17.3 Å². The Bertz CT molecular complexity index is 1200. The Kier molecular flexibility index (Phi) is 5.14. The Morgan fingerprint density at radius 3 is 2.62 bits per heavy atom. The van der Waals surface area contributed by atoms with Gasteiger partial charge in [-0.25, -0.2) is 9.97 Å². The molecule has 0 aliphatic rings.